The maximum atomic E-state index is 6.96. The van der Waals surface area contributed by atoms with Crippen molar-refractivity contribution in [2.24, 2.45) is 5.73 Å². The van der Waals surface area contributed by atoms with E-state index in [4.69, 9.17) is 11.1 Å². The number of guanidine groups is 1. The van der Waals surface area contributed by atoms with Gasteiger partial charge in [0.1, 0.15) is 0 Å². The van der Waals surface area contributed by atoms with Crippen molar-refractivity contribution in [2.75, 3.05) is 6.54 Å². The highest BCUT2D eigenvalue weighted by atomic mass is 35.5. The van der Waals surface area contributed by atoms with Crippen LogP contribution >= 0.6 is 0 Å². The molecule has 0 aliphatic carbocycles. The third-order valence-corrected chi connectivity index (χ3v) is 1.92. The summed E-state index contributed by atoms with van der Waals surface area (Å²) in [6.45, 7) is 3.20. The average Bonchev–Trinajstić information content (AvgIpc) is 2.02. The number of nitrogens with two attached hydrogens (primary N) is 2. The predicted octanol–water partition coefficient (Wildman–Crippen LogP) is -2.19. The lowest BCUT2D eigenvalue weighted by Crippen LogP contribution is -3.00. The fourth-order valence-corrected chi connectivity index (χ4v) is 1.18. The summed E-state index contributed by atoms with van der Waals surface area (Å²) in [5.74, 6) is 0.212. The molecule has 0 aromatic rings. The van der Waals surface area contributed by atoms with Crippen LogP contribution in [-0.2, 0) is 0 Å². The fourth-order valence-electron chi connectivity index (χ4n) is 1.18. The second-order valence-electron chi connectivity index (χ2n) is 3.22. The third-order valence-electron chi connectivity index (χ3n) is 1.92. The van der Waals surface area contributed by atoms with E-state index >= 15 is 0 Å². The van der Waals surface area contributed by atoms with Crippen LogP contribution in [0.25, 0.3) is 0 Å². The van der Waals surface area contributed by atoms with Crippen molar-refractivity contribution in [1.29, 1.82) is 5.41 Å². The smallest absolute Gasteiger partial charge is 0.288 e. The molecule has 4 heteroatoms. The van der Waals surface area contributed by atoms with Crippen LogP contribution in [0.3, 0.4) is 0 Å². The first-order chi connectivity index (χ1) is 5.77. The van der Waals surface area contributed by atoms with Crippen LogP contribution in [0.15, 0.2) is 0 Å². The van der Waals surface area contributed by atoms with Crippen molar-refractivity contribution in [3.8, 4) is 0 Å². The molecule has 0 amide bonds. The van der Waals surface area contributed by atoms with Gasteiger partial charge >= 0.3 is 0 Å². The molecule has 3 nitrogen and oxygen atoms in total. The topological polar surface area (TPSA) is 66.5 Å². The Kier molecular flexibility index (Phi) is 13.7. The summed E-state index contributed by atoms with van der Waals surface area (Å²) in [5.41, 5.74) is 5.18. The van der Waals surface area contributed by atoms with Gasteiger partial charge in [0, 0.05) is 0 Å². The lowest BCUT2D eigenvalue weighted by Gasteiger charge is -1.98. The molecule has 80 valence electrons. The highest BCUT2D eigenvalue weighted by Gasteiger charge is 1.93. The second kappa shape index (κ2) is 11.7. The van der Waals surface area contributed by atoms with Crippen molar-refractivity contribution in [1.82, 2.24) is 0 Å². The van der Waals surface area contributed by atoms with E-state index in [1.807, 2.05) is 0 Å². The Morgan fingerprint density at radius 2 is 1.69 bits per heavy atom. The van der Waals surface area contributed by atoms with Gasteiger partial charge in [-0.15, -0.1) is 0 Å². The van der Waals surface area contributed by atoms with Gasteiger partial charge in [0.25, 0.3) is 5.96 Å². The molecule has 0 aromatic carbocycles. The number of hydrogen-bond donors (Lipinski definition) is 3. The van der Waals surface area contributed by atoms with E-state index in [1.165, 1.54) is 38.5 Å². The summed E-state index contributed by atoms with van der Waals surface area (Å²) in [4.78, 5) is 0. The summed E-state index contributed by atoms with van der Waals surface area (Å²) in [6.07, 6.45) is 7.82. The monoisotopic (exact) mass is 207 g/mol. The Hall–Kier alpha value is -0.280. The Bertz CT molecular complexity index is 117. The van der Waals surface area contributed by atoms with E-state index in [0.29, 0.717) is 0 Å². The van der Waals surface area contributed by atoms with Crippen LogP contribution in [0.2, 0.25) is 0 Å². The first-order valence-electron chi connectivity index (χ1n) is 4.94. The van der Waals surface area contributed by atoms with Gasteiger partial charge in [0.2, 0.25) is 0 Å². The van der Waals surface area contributed by atoms with Crippen molar-refractivity contribution in [3.05, 3.63) is 0 Å². The van der Waals surface area contributed by atoms with Gasteiger partial charge in [-0.05, 0) is 12.8 Å². The van der Waals surface area contributed by atoms with Crippen molar-refractivity contribution in [3.63, 3.8) is 0 Å². The normalized spacial score (nSPS) is 9.31. The summed E-state index contributed by atoms with van der Waals surface area (Å²) >= 11 is 0. The number of quaternary nitrogens is 1. The molecule has 0 bridgehead atoms. The number of rotatable bonds is 7. The van der Waals surface area contributed by atoms with E-state index < -0.39 is 0 Å². The Balaban J connectivity index is 0. The summed E-state index contributed by atoms with van der Waals surface area (Å²) in [5, 5.41) is 8.75. The van der Waals surface area contributed by atoms with Gasteiger partial charge in [0.15, 0.2) is 0 Å². The first-order valence-corrected chi connectivity index (χ1v) is 4.94. The van der Waals surface area contributed by atoms with E-state index in [1.54, 1.807) is 5.32 Å². The molecule has 0 unspecified atom stereocenters. The second-order valence-corrected chi connectivity index (χ2v) is 3.22. The van der Waals surface area contributed by atoms with Crippen LogP contribution in [-0.4, -0.2) is 12.5 Å². The number of halogens is 1. The molecule has 0 rings (SSSR count). The zero-order chi connectivity index (χ0) is 9.23. The molecule has 0 aliphatic rings. The lowest BCUT2D eigenvalue weighted by molar-refractivity contribution is -0.543. The first kappa shape index (κ1) is 15.2. The van der Waals surface area contributed by atoms with Gasteiger partial charge in [-0.1, -0.05) is 32.6 Å². The SMILES string of the molecule is CCCCCCCC[NH2+]C(=N)N.[Cl-]. The molecule has 0 spiro atoms. The maximum absolute atomic E-state index is 6.96. The number of nitrogens with one attached hydrogen (secondary N) is 1. The minimum Gasteiger partial charge on any atom is -1.00 e. The zero-order valence-corrected chi connectivity index (χ0v) is 9.24. The van der Waals surface area contributed by atoms with E-state index in [2.05, 4.69) is 6.92 Å². The Morgan fingerprint density at radius 3 is 2.23 bits per heavy atom. The molecule has 5 N–H and O–H groups in total. The molecule has 0 saturated heterocycles. The zero-order valence-electron chi connectivity index (χ0n) is 8.48. The minimum atomic E-state index is 0. The van der Waals surface area contributed by atoms with Gasteiger partial charge in [-0.25, -0.2) is 5.41 Å². The van der Waals surface area contributed by atoms with Crippen molar-refractivity contribution >= 4 is 5.96 Å². The summed E-state index contributed by atoms with van der Waals surface area (Å²) < 4.78 is 0. The van der Waals surface area contributed by atoms with Crippen molar-refractivity contribution in [2.45, 2.75) is 45.4 Å². The third kappa shape index (κ3) is 14.6. The minimum absolute atomic E-state index is 0. The molecule has 0 fully saturated rings. The van der Waals surface area contributed by atoms with Gasteiger partial charge in [-0.3, -0.25) is 5.32 Å². The summed E-state index contributed by atoms with van der Waals surface area (Å²) in [7, 11) is 0. The lowest BCUT2D eigenvalue weighted by atomic mass is 10.1. The van der Waals surface area contributed by atoms with Gasteiger partial charge in [0.05, 0.1) is 6.54 Å². The van der Waals surface area contributed by atoms with Crippen LogP contribution in [0, 0.1) is 5.41 Å². The molecular weight excluding hydrogens is 186 g/mol. The molecule has 0 aliphatic heterocycles. The quantitative estimate of drug-likeness (QED) is 0.248. The van der Waals surface area contributed by atoms with Crippen molar-refractivity contribution < 1.29 is 17.7 Å². The number of hydrogen-bond acceptors (Lipinski definition) is 1. The molecule has 13 heavy (non-hydrogen) atoms. The molecule has 0 radical (unpaired) electrons. The average molecular weight is 208 g/mol. The van der Waals surface area contributed by atoms with Crippen LogP contribution < -0.4 is 23.5 Å². The van der Waals surface area contributed by atoms with Crippen LogP contribution in [0.5, 0.6) is 0 Å². The highest BCUT2D eigenvalue weighted by Crippen LogP contribution is 2.03. The molecular formula is C9H22ClN3. The molecule has 0 aromatic heterocycles. The van der Waals surface area contributed by atoms with Crippen LogP contribution in [0.1, 0.15) is 45.4 Å². The standard InChI is InChI=1S/C9H21N3.ClH/c1-2-3-4-5-6-7-8-12-9(10)11;/h2-8H2,1H3,(H4,10,11,12);1H. The number of unbranched alkanes of at least 4 members (excludes halogenated alkanes) is 5. The summed E-state index contributed by atoms with van der Waals surface area (Å²) in [6, 6.07) is 0. The fraction of sp³-hybridized carbons (Fsp3) is 0.889. The van der Waals surface area contributed by atoms with Crippen LogP contribution in [0.4, 0.5) is 0 Å². The molecule has 0 saturated carbocycles. The largest absolute Gasteiger partial charge is 1.00 e. The maximum Gasteiger partial charge on any atom is 0.288 e. The predicted molar refractivity (Wildman–Crippen MR) is 52.1 cm³/mol. The molecule has 0 heterocycles. The molecule has 0 atom stereocenters. The van der Waals surface area contributed by atoms with E-state index in [9.17, 15) is 0 Å². The van der Waals surface area contributed by atoms with E-state index in [-0.39, 0.29) is 18.4 Å². The van der Waals surface area contributed by atoms with Gasteiger partial charge < -0.3 is 18.1 Å². The Labute approximate surface area is 87.4 Å². The Morgan fingerprint density at radius 1 is 1.15 bits per heavy atom. The highest BCUT2D eigenvalue weighted by molar-refractivity contribution is 5.63. The van der Waals surface area contributed by atoms with Gasteiger partial charge in [-0.2, -0.15) is 0 Å². The van der Waals surface area contributed by atoms with E-state index in [0.717, 1.165) is 6.54 Å².